The van der Waals surface area contributed by atoms with E-state index in [4.69, 9.17) is 11.6 Å². The van der Waals surface area contributed by atoms with Crippen LogP contribution in [-0.4, -0.2) is 39.1 Å². The minimum Gasteiger partial charge on any atom is -0.359 e. The summed E-state index contributed by atoms with van der Waals surface area (Å²) in [6.45, 7) is 9.44. The molecule has 0 atom stereocenters. The third kappa shape index (κ3) is 7.34. The molecule has 0 aliphatic rings. The van der Waals surface area contributed by atoms with Gasteiger partial charge >= 0.3 is 0 Å². The molecule has 25 heavy (non-hydrogen) atoms. The number of halogens is 1. The zero-order valence-electron chi connectivity index (χ0n) is 16.2. The minimum absolute atomic E-state index is 0.00302. The Morgan fingerprint density at radius 3 is 2.36 bits per heavy atom. The van der Waals surface area contributed by atoms with E-state index in [1.165, 1.54) is 5.56 Å². The van der Waals surface area contributed by atoms with Gasteiger partial charge in [0.15, 0.2) is 5.96 Å². The van der Waals surface area contributed by atoms with Gasteiger partial charge in [0, 0.05) is 32.2 Å². The van der Waals surface area contributed by atoms with Crippen molar-refractivity contribution in [3.05, 3.63) is 34.9 Å². The SMILES string of the molecule is CN=C(NCC(C)(C)Cc1cccc(Cl)c1)NCC(C)(C)C(=O)NC. The molecule has 0 saturated heterocycles. The molecule has 0 aromatic heterocycles. The molecule has 1 aromatic carbocycles. The number of benzene rings is 1. The number of hydrogen-bond donors (Lipinski definition) is 3. The van der Waals surface area contributed by atoms with Crippen molar-refractivity contribution in [1.29, 1.82) is 0 Å². The summed E-state index contributed by atoms with van der Waals surface area (Å²) < 4.78 is 0. The molecule has 0 aliphatic heterocycles. The highest BCUT2D eigenvalue weighted by molar-refractivity contribution is 6.30. The first-order valence-corrected chi connectivity index (χ1v) is 8.88. The van der Waals surface area contributed by atoms with Gasteiger partial charge in [0.1, 0.15) is 0 Å². The van der Waals surface area contributed by atoms with Gasteiger partial charge in [0.25, 0.3) is 0 Å². The van der Waals surface area contributed by atoms with Gasteiger partial charge in [-0.1, -0.05) is 37.6 Å². The zero-order chi connectivity index (χ0) is 19.1. The molecule has 0 bridgehead atoms. The van der Waals surface area contributed by atoms with Crippen molar-refractivity contribution in [3.63, 3.8) is 0 Å². The van der Waals surface area contributed by atoms with Crippen LogP contribution < -0.4 is 16.0 Å². The average Bonchev–Trinajstić information content (AvgIpc) is 2.53. The second-order valence-corrected chi connectivity index (χ2v) is 8.15. The number of amides is 1. The molecular weight excluding hydrogens is 336 g/mol. The molecule has 0 saturated carbocycles. The van der Waals surface area contributed by atoms with E-state index in [0.29, 0.717) is 12.5 Å². The molecule has 140 valence electrons. The Balaban J connectivity index is 2.57. The van der Waals surface area contributed by atoms with E-state index in [-0.39, 0.29) is 11.3 Å². The number of hydrogen-bond acceptors (Lipinski definition) is 2. The molecule has 0 fully saturated rings. The lowest BCUT2D eigenvalue weighted by atomic mass is 9.86. The number of carbonyl (C=O) groups excluding carboxylic acids is 1. The first kappa shape index (κ1) is 21.3. The summed E-state index contributed by atoms with van der Waals surface area (Å²) in [4.78, 5) is 16.1. The van der Waals surface area contributed by atoms with Crippen molar-refractivity contribution in [3.8, 4) is 0 Å². The number of carbonyl (C=O) groups is 1. The Kier molecular flexibility index (Phi) is 7.74. The maximum Gasteiger partial charge on any atom is 0.227 e. The Labute approximate surface area is 156 Å². The fourth-order valence-corrected chi connectivity index (χ4v) is 2.74. The highest BCUT2D eigenvalue weighted by Crippen LogP contribution is 2.22. The summed E-state index contributed by atoms with van der Waals surface area (Å²) in [6, 6.07) is 7.95. The van der Waals surface area contributed by atoms with E-state index < -0.39 is 5.41 Å². The van der Waals surface area contributed by atoms with Crippen LogP contribution in [0.25, 0.3) is 0 Å². The summed E-state index contributed by atoms with van der Waals surface area (Å²) >= 11 is 6.07. The summed E-state index contributed by atoms with van der Waals surface area (Å²) in [5.41, 5.74) is 0.726. The van der Waals surface area contributed by atoms with Crippen LogP contribution in [0.3, 0.4) is 0 Å². The van der Waals surface area contributed by atoms with E-state index in [1.807, 2.05) is 32.0 Å². The van der Waals surface area contributed by atoms with Crippen LogP contribution in [0.1, 0.15) is 33.3 Å². The smallest absolute Gasteiger partial charge is 0.227 e. The van der Waals surface area contributed by atoms with E-state index in [1.54, 1.807) is 14.1 Å². The Bertz CT molecular complexity index is 611. The topological polar surface area (TPSA) is 65.5 Å². The van der Waals surface area contributed by atoms with Crippen LogP contribution in [0.15, 0.2) is 29.3 Å². The van der Waals surface area contributed by atoms with Crippen LogP contribution in [0.5, 0.6) is 0 Å². The molecule has 0 aliphatic carbocycles. The molecule has 1 rings (SSSR count). The maximum atomic E-state index is 11.9. The molecule has 5 nitrogen and oxygen atoms in total. The average molecular weight is 367 g/mol. The van der Waals surface area contributed by atoms with Gasteiger partial charge in [0.05, 0.1) is 5.41 Å². The molecule has 0 unspecified atom stereocenters. The van der Waals surface area contributed by atoms with Gasteiger partial charge in [-0.15, -0.1) is 0 Å². The molecule has 6 heteroatoms. The predicted molar refractivity (Wildman–Crippen MR) is 106 cm³/mol. The molecule has 0 heterocycles. The normalized spacial score (nSPS) is 12.7. The first-order valence-electron chi connectivity index (χ1n) is 8.51. The molecular formula is C19H31ClN4O. The monoisotopic (exact) mass is 366 g/mol. The second kappa shape index (κ2) is 9.09. The summed E-state index contributed by atoms with van der Waals surface area (Å²) in [5, 5.41) is 10.0. The zero-order valence-corrected chi connectivity index (χ0v) is 16.9. The highest BCUT2D eigenvalue weighted by atomic mass is 35.5. The maximum absolute atomic E-state index is 11.9. The number of nitrogens with one attached hydrogen (secondary N) is 3. The van der Waals surface area contributed by atoms with Gasteiger partial charge in [-0.05, 0) is 43.4 Å². The first-order chi connectivity index (χ1) is 11.6. The number of aliphatic imine (C=N–C) groups is 1. The van der Waals surface area contributed by atoms with Crippen molar-refractivity contribution in [2.24, 2.45) is 15.8 Å². The van der Waals surface area contributed by atoms with Gasteiger partial charge in [0.2, 0.25) is 5.91 Å². The van der Waals surface area contributed by atoms with Gasteiger partial charge in [-0.25, -0.2) is 0 Å². The summed E-state index contributed by atoms with van der Waals surface area (Å²) in [6.07, 6.45) is 0.904. The summed E-state index contributed by atoms with van der Waals surface area (Å²) in [7, 11) is 3.38. The fraction of sp³-hybridized carbons (Fsp3) is 0.579. The van der Waals surface area contributed by atoms with Crippen molar-refractivity contribution in [1.82, 2.24) is 16.0 Å². The molecule has 1 aromatic rings. The van der Waals surface area contributed by atoms with E-state index >= 15 is 0 Å². The Hall–Kier alpha value is -1.75. The van der Waals surface area contributed by atoms with Gasteiger partial charge in [-0.2, -0.15) is 0 Å². The fourth-order valence-electron chi connectivity index (χ4n) is 2.53. The second-order valence-electron chi connectivity index (χ2n) is 7.71. The Morgan fingerprint density at radius 2 is 1.80 bits per heavy atom. The van der Waals surface area contributed by atoms with Crippen molar-refractivity contribution >= 4 is 23.5 Å². The van der Waals surface area contributed by atoms with Gasteiger partial charge in [-0.3, -0.25) is 9.79 Å². The van der Waals surface area contributed by atoms with Crippen LogP contribution in [0.4, 0.5) is 0 Å². The van der Waals surface area contributed by atoms with Gasteiger partial charge < -0.3 is 16.0 Å². The molecule has 0 spiro atoms. The van der Waals surface area contributed by atoms with Crippen LogP contribution in [0.2, 0.25) is 5.02 Å². The largest absolute Gasteiger partial charge is 0.359 e. The van der Waals surface area contributed by atoms with Crippen LogP contribution in [-0.2, 0) is 11.2 Å². The number of rotatable bonds is 7. The van der Waals surface area contributed by atoms with E-state index in [0.717, 1.165) is 18.0 Å². The third-order valence-electron chi connectivity index (χ3n) is 4.07. The molecule has 0 radical (unpaired) electrons. The summed E-state index contributed by atoms with van der Waals surface area (Å²) in [5.74, 6) is 0.688. The quantitative estimate of drug-likeness (QED) is 0.513. The molecule has 3 N–H and O–H groups in total. The minimum atomic E-state index is -0.511. The Morgan fingerprint density at radius 1 is 1.16 bits per heavy atom. The van der Waals surface area contributed by atoms with Crippen LogP contribution in [0, 0.1) is 10.8 Å². The van der Waals surface area contributed by atoms with E-state index in [2.05, 4.69) is 40.9 Å². The standard InChI is InChI=1S/C19H31ClN4O/c1-18(2,11-14-8-7-9-15(20)10-14)12-23-17(22-6)24-13-19(3,4)16(25)21-5/h7-10H,11-13H2,1-6H3,(H,21,25)(H2,22,23,24). The highest BCUT2D eigenvalue weighted by Gasteiger charge is 2.27. The van der Waals surface area contributed by atoms with E-state index in [9.17, 15) is 4.79 Å². The lowest BCUT2D eigenvalue weighted by molar-refractivity contribution is -0.128. The molecule has 1 amide bonds. The lowest BCUT2D eigenvalue weighted by Crippen LogP contribution is -2.48. The number of guanidine groups is 1. The lowest BCUT2D eigenvalue weighted by Gasteiger charge is -2.28. The van der Waals surface area contributed by atoms with Crippen molar-refractivity contribution < 1.29 is 4.79 Å². The number of nitrogens with zero attached hydrogens (tertiary/aromatic N) is 1. The van der Waals surface area contributed by atoms with Crippen molar-refractivity contribution in [2.45, 2.75) is 34.1 Å². The van der Waals surface area contributed by atoms with Crippen molar-refractivity contribution in [2.75, 3.05) is 27.2 Å². The third-order valence-corrected chi connectivity index (χ3v) is 4.30. The predicted octanol–water partition coefficient (Wildman–Crippen LogP) is 2.85. The van der Waals surface area contributed by atoms with Crippen LogP contribution >= 0.6 is 11.6 Å².